The van der Waals surface area contributed by atoms with Gasteiger partial charge >= 0.3 is 6.03 Å². The van der Waals surface area contributed by atoms with Crippen molar-refractivity contribution in [3.63, 3.8) is 0 Å². The first-order valence-electron chi connectivity index (χ1n) is 10.1. The van der Waals surface area contributed by atoms with Gasteiger partial charge in [0.05, 0.1) is 23.0 Å². The smallest absolute Gasteiger partial charge is 0.319 e. The number of nitriles is 1. The summed E-state index contributed by atoms with van der Waals surface area (Å²) in [7, 11) is 0. The van der Waals surface area contributed by atoms with E-state index in [0.717, 1.165) is 11.0 Å². The summed E-state index contributed by atoms with van der Waals surface area (Å²) in [6.07, 6.45) is 0.134. The molecule has 1 aliphatic heterocycles. The van der Waals surface area contributed by atoms with Crippen LogP contribution in [-0.2, 0) is 4.79 Å². The molecule has 3 aromatic carbocycles. The van der Waals surface area contributed by atoms with Crippen LogP contribution in [-0.4, -0.2) is 24.5 Å². The maximum atomic E-state index is 15.0. The van der Waals surface area contributed by atoms with E-state index in [4.69, 9.17) is 11.6 Å². The Balaban J connectivity index is 1.51. The molecule has 0 radical (unpaired) electrons. The highest BCUT2D eigenvalue weighted by Gasteiger charge is 2.36. The molecule has 0 bridgehead atoms. The molecule has 34 heavy (non-hydrogen) atoms. The quantitative estimate of drug-likeness (QED) is 0.532. The fourth-order valence-corrected chi connectivity index (χ4v) is 3.89. The fourth-order valence-electron chi connectivity index (χ4n) is 3.73. The molecule has 3 amide bonds. The Morgan fingerprint density at radius 3 is 2.56 bits per heavy atom. The SMILES string of the molecule is N#Cc1ccccc1-c1ccc(N2CC[C@@H](NC(=O)Nc3ccc(Cl)cc3F)C2=O)c(F)c1F. The highest BCUT2D eigenvalue weighted by atomic mass is 35.5. The van der Waals surface area contributed by atoms with Crippen molar-refractivity contribution in [3.05, 3.63) is 82.6 Å². The molecular formula is C24H16ClF3N4O2. The van der Waals surface area contributed by atoms with E-state index in [-0.39, 0.29) is 46.1 Å². The average molecular weight is 485 g/mol. The van der Waals surface area contributed by atoms with Gasteiger partial charge in [-0.3, -0.25) is 4.79 Å². The minimum Gasteiger partial charge on any atom is -0.326 e. The van der Waals surface area contributed by atoms with E-state index < -0.39 is 35.4 Å². The number of urea groups is 1. The first-order valence-corrected chi connectivity index (χ1v) is 10.5. The molecule has 10 heteroatoms. The fraction of sp³-hybridized carbons (Fsp3) is 0.125. The van der Waals surface area contributed by atoms with Gasteiger partial charge in [0.15, 0.2) is 11.6 Å². The van der Waals surface area contributed by atoms with Crippen LogP contribution in [0, 0.1) is 28.8 Å². The standard InChI is InChI=1S/C24H16ClF3N4O2/c25-14-5-7-18(17(26)11-14)30-24(34)31-19-9-10-32(23(19)33)20-8-6-16(21(27)22(20)28)15-4-2-1-3-13(15)12-29/h1-8,11,19H,9-10H2,(H2,30,31,34)/t19-/m1/s1. The average Bonchev–Trinajstić information content (AvgIpc) is 3.17. The Hall–Kier alpha value is -4.03. The Kier molecular flexibility index (Phi) is 6.43. The van der Waals surface area contributed by atoms with E-state index in [1.807, 2.05) is 6.07 Å². The van der Waals surface area contributed by atoms with E-state index >= 15 is 0 Å². The number of anilines is 2. The topological polar surface area (TPSA) is 85.2 Å². The van der Waals surface area contributed by atoms with Gasteiger partial charge in [-0.1, -0.05) is 29.8 Å². The molecule has 1 saturated heterocycles. The molecule has 1 aliphatic rings. The highest BCUT2D eigenvalue weighted by molar-refractivity contribution is 6.30. The van der Waals surface area contributed by atoms with Gasteiger partial charge < -0.3 is 15.5 Å². The van der Waals surface area contributed by atoms with Crippen molar-refractivity contribution >= 4 is 34.9 Å². The number of nitrogens with zero attached hydrogens (tertiary/aromatic N) is 2. The maximum absolute atomic E-state index is 15.0. The third-order valence-corrected chi connectivity index (χ3v) is 5.62. The molecule has 0 spiro atoms. The third kappa shape index (κ3) is 4.40. The predicted octanol–water partition coefficient (Wildman–Crippen LogP) is 5.22. The van der Waals surface area contributed by atoms with Crippen molar-refractivity contribution in [3.8, 4) is 17.2 Å². The lowest BCUT2D eigenvalue weighted by atomic mass is 9.99. The highest BCUT2D eigenvalue weighted by Crippen LogP contribution is 2.33. The summed E-state index contributed by atoms with van der Waals surface area (Å²) in [4.78, 5) is 26.0. The number of amides is 3. The van der Waals surface area contributed by atoms with Crippen LogP contribution >= 0.6 is 11.6 Å². The van der Waals surface area contributed by atoms with Crippen LogP contribution in [0.5, 0.6) is 0 Å². The summed E-state index contributed by atoms with van der Waals surface area (Å²) in [5.74, 6) is -3.83. The zero-order valence-corrected chi connectivity index (χ0v) is 18.2. The van der Waals surface area contributed by atoms with Crippen LogP contribution in [0.15, 0.2) is 54.6 Å². The lowest BCUT2D eigenvalue weighted by Crippen LogP contribution is -2.43. The molecule has 172 valence electrons. The van der Waals surface area contributed by atoms with Crippen molar-refractivity contribution in [2.45, 2.75) is 12.5 Å². The molecule has 1 atom stereocenters. The van der Waals surface area contributed by atoms with Crippen molar-refractivity contribution in [2.75, 3.05) is 16.8 Å². The number of nitrogens with one attached hydrogen (secondary N) is 2. The lowest BCUT2D eigenvalue weighted by molar-refractivity contribution is -0.118. The number of hydrogen-bond acceptors (Lipinski definition) is 3. The molecule has 3 aromatic rings. The van der Waals surface area contributed by atoms with E-state index in [1.54, 1.807) is 12.1 Å². The van der Waals surface area contributed by atoms with Crippen LogP contribution < -0.4 is 15.5 Å². The van der Waals surface area contributed by atoms with E-state index in [0.29, 0.717) is 0 Å². The lowest BCUT2D eigenvalue weighted by Gasteiger charge is -2.19. The molecule has 0 aromatic heterocycles. The number of rotatable bonds is 4. The molecule has 1 fully saturated rings. The Labute approximate surface area is 197 Å². The Morgan fingerprint density at radius 2 is 1.82 bits per heavy atom. The molecule has 0 aliphatic carbocycles. The number of carbonyl (C=O) groups is 2. The maximum Gasteiger partial charge on any atom is 0.319 e. The van der Waals surface area contributed by atoms with Crippen molar-refractivity contribution in [1.82, 2.24) is 5.32 Å². The molecule has 6 nitrogen and oxygen atoms in total. The van der Waals surface area contributed by atoms with Crippen LogP contribution in [0.4, 0.5) is 29.3 Å². The second-order valence-electron chi connectivity index (χ2n) is 7.47. The van der Waals surface area contributed by atoms with Crippen molar-refractivity contribution < 1.29 is 22.8 Å². The summed E-state index contributed by atoms with van der Waals surface area (Å²) >= 11 is 5.68. The van der Waals surface area contributed by atoms with Crippen molar-refractivity contribution in [1.29, 1.82) is 5.26 Å². The van der Waals surface area contributed by atoms with Gasteiger partial charge in [0, 0.05) is 22.7 Å². The van der Waals surface area contributed by atoms with E-state index in [2.05, 4.69) is 10.6 Å². The second kappa shape index (κ2) is 9.45. The van der Waals surface area contributed by atoms with E-state index in [9.17, 15) is 28.0 Å². The summed E-state index contributed by atoms with van der Waals surface area (Å²) < 4.78 is 43.7. The first-order chi connectivity index (χ1) is 16.3. The summed E-state index contributed by atoms with van der Waals surface area (Å²) in [5, 5.41) is 14.1. The van der Waals surface area contributed by atoms with Crippen molar-refractivity contribution in [2.24, 2.45) is 0 Å². The number of benzene rings is 3. The Bertz CT molecular complexity index is 1340. The van der Waals surface area contributed by atoms with Gasteiger partial charge in [0.2, 0.25) is 5.91 Å². The van der Waals surface area contributed by atoms with Gasteiger partial charge in [-0.15, -0.1) is 0 Å². The van der Waals surface area contributed by atoms with Crippen LogP contribution in [0.25, 0.3) is 11.1 Å². The van der Waals surface area contributed by atoms with E-state index in [1.165, 1.54) is 36.4 Å². The number of carbonyl (C=O) groups excluding carboxylic acids is 2. The van der Waals surface area contributed by atoms with Gasteiger partial charge in [-0.2, -0.15) is 5.26 Å². The monoisotopic (exact) mass is 484 g/mol. The largest absolute Gasteiger partial charge is 0.326 e. The molecule has 0 unspecified atom stereocenters. The summed E-state index contributed by atoms with van der Waals surface area (Å²) in [5.41, 5.74) is -0.117. The van der Waals surface area contributed by atoms with Gasteiger partial charge in [-0.05, 0) is 42.8 Å². The molecule has 0 saturated carbocycles. The molecule has 4 rings (SSSR count). The first kappa shape index (κ1) is 23.1. The molecular weight excluding hydrogens is 469 g/mol. The minimum absolute atomic E-state index is 0.0313. The van der Waals surface area contributed by atoms with Gasteiger partial charge in [-0.25, -0.2) is 18.0 Å². The summed E-state index contributed by atoms with van der Waals surface area (Å²) in [6, 6.07) is 12.5. The Morgan fingerprint density at radius 1 is 1.06 bits per heavy atom. The predicted molar refractivity (Wildman–Crippen MR) is 121 cm³/mol. The third-order valence-electron chi connectivity index (χ3n) is 5.38. The van der Waals surface area contributed by atoms with Gasteiger partial charge in [0.25, 0.3) is 0 Å². The second-order valence-corrected chi connectivity index (χ2v) is 7.91. The van der Waals surface area contributed by atoms with Crippen LogP contribution in [0.1, 0.15) is 12.0 Å². The van der Waals surface area contributed by atoms with Crippen LogP contribution in [0.3, 0.4) is 0 Å². The minimum atomic E-state index is -1.24. The molecule has 1 heterocycles. The molecule has 2 N–H and O–H groups in total. The normalized spacial score (nSPS) is 15.2. The zero-order valence-electron chi connectivity index (χ0n) is 17.4. The van der Waals surface area contributed by atoms with Gasteiger partial charge in [0.1, 0.15) is 11.9 Å². The number of halogens is 4. The number of hydrogen-bond donors (Lipinski definition) is 2. The van der Waals surface area contributed by atoms with Crippen LogP contribution in [0.2, 0.25) is 5.02 Å². The zero-order chi connectivity index (χ0) is 24.4. The summed E-state index contributed by atoms with van der Waals surface area (Å²) in [6.45, 7) is 0.0313.